The third-order valence-electron chi connectivity index (χ3n) is 1.96. The molecule has 0 bridgehead atoms. The zero-order valence-corrected chi connectivity index (χ0v) is 9.05. The van der Waals surface area contributed by atoms with Gasteiger partial charge in [-0.15, -0.1) is 0 Å². The molecule has 2 aromatic heterocycles. The van der Waals surface area contributed by atoms with Crippen molar-refractivity contribution >= 4 is 5.69 Å². The normalized spacial score (nSPS) is 9.81. The van der Waals surface area contributed by atoms with Gasteiger partial charge in [0, 0.05) is 18.8 Å². The summed E-state index contributed by atoms with van der Waals surface area (Å²) in [7, 11) is 0. The lowest BCUT2D eigenvalue weighted by Gasteiger charge is -2.07. The van der Waals surface area contributed by atoms with Crippen LogP contribution in [0, 0.1) is 0 Å². The van der Waals surface area contributed by atoms with E-state index in [2.05, 4.69) is 15.3 Å². The minimum Gasteiger partial charge on any atom is -0.454 e. The Kier molecular flexibility index (Phi) is 3.33. The highest BCUT2D eigenvalue weighted by atomic mass is 16.5. The maximum atomic E-state index is 5.60. The quantitative estimate of drug-likeness (QED) is 0.851. The molecular weight excluding hydrogens is 202 g/mol. The lowest BCUT2D eigenvalue weighted by Crippen LogP contribution is -1.97. The molecule has 2 heterocycles. The molecular formula is C12H13N3O. The summed E-state index contributed by atoms with van der Waals surface area (Å²) >= 11 is 0. The van der Waals surface area contributed by atoms with Crippen LogP contribution in [0.25, 0.3) is 0 Å². The van der Waals surface area contributed by atoms with Gasteiger partial charge >= 0.3 is 0 Å². The van der Waals surface area contributed by atoms with E-state index >= 15 is 0 Å². The molecule has 2 rings (SSSR count). The van der Waals surface area contributed by atoms with E-state index in [0.717, 1.165) is 12.2 Å². The van der Waals surface area contributed by atoms with E-state index in [0.29, 0.717) is 11.5 Å². The number of hydrogen-bond donors (Lipinski definition) is 1. The second-order valence-electron chi connectivity index (χ2n) is 3.23. The summed E-state index contributed by atoms with van der Waals surface area (Å²) in [6, 6.07) is 5.59. The summed E-state index contributed by atoms with van der Waals surface area (Å²) in [5, 5.41) is 3.18. The summed E-state index contributed by atoms with van der Waals surface area (Å²) in [6.45, 7) is 2.90. The lowest BCUT2D eigenvalue weighted by atomic mass is 10.4. The van der Waals surface area contributed by atoms with Crippen molar-refractivity contribution in [1.29, 1.82) is 0 Å². The van der Waals surface area contributed by atoms with Crippen molar-refractivity contribution in [2.24, 2.45) is 0 Å². The number of anilines is 1. The van der Waals surface area contributed by atoms with Crippen LogP contribution in [0.2, 0.25) is 0 Å². The van der Waals surface area contributed by atoms with Crippen LogP contribution in [0.5, 0.6) is 11.5 Å². The molecule has 0 atom stereocenters. The molecule has 4 nitrogen and oxygen atoms in total. The van der Waals surface area contributed by atoms with E-state index in [1.54, 1.807) is 24.8 Å². The van der Waals surface area contributed by atoms with E-state index in [1.807, 2.05) is 25.1 Å². The molecule has 0 fully saturated rings. The Balaban J connectivity index is 2.12. The van der Waals surface area contributed by atoms with E-state index in [4.69, 9.17) is 4.74 Å². The van der Waals surface area contributed by atoms with Crippen LogP contribution in [-0.4, -0.2) is 16.5 Å². The highest BCUT2D eigenvalue weighted by molar-refractivity contribution is 5.45. The van der Waals surface area contributed by atoms with Crippen molar-refractivity contribution in [3.05, 3.63) is 43.0 Å². The molecule has 0 spiro atoms. The third-order valence-corrected chi connectivity index (χ3v) is 1.96. The first-order valence-corrected chi connectivity index (χ1v) is 5.15. The summed E-state index contributed by atoms with van der Waals surface area (Å²) in [4.78, 5) is 8.07. The van der Waals surface area contributed by atoms with E-state index < -0.39 is 0 Å². The van der Waals surface area contributed by atoms with Gasteiger partial charge in [-0.2, -0.15) is 0 Å². The summed E-state index contributed by atoms with van der Waals surface area (Å²) < 4.78 is 5.60. The van der Waals surface area contributed by atoms with Crippen molar-refractivity contribution < 1.29 is 4.74 Å². The van der Waals surface area contributed by atoms with E-state index in [-0.39, 0.29) is 0 Å². The standard InChI is InChI=1S/C12H13N3O/c1-2-15-10-6-12(9-14-7-10)16-11-4-3-5-13-8-11/h3-9,15H,2H2,1H3. The number of nitrogens with zero attached hydrogens (tertiary/aromatic N) is 2. The molecule has 0 aliphatic heterocycles. The zero-order valence-electron chi connectivity index (χ0n) is 9.05. The second kappa shape index (κ2) is 5.11. The van der Waals surface area contributed by atoms with Crippen LogP contribution < -0.4 is 10.1 Å². The minimum absolute atomic E-state index is 0.700. The Morgan fingerprint density at radius 1 is 1.19 bits per heavy atom. The van der Waals surface area contributed by atoms with E-state index in [1.165, 1.54) is 0 Å². The van der Waals surface area contributed by atoms with Gasteiger partial charge in [-0.3, -0.25) is 9.97 Å². The largest absolute Gasteiger partial charge is 0.454 e. The van der Waals surface area contributed by atoms with Crippen LogP contribution in [-0.2, 0) is 0 Å². The Labute approximate surface area is 94.3 Å². The number of rotatable bonds is 4. The molecule has 4 heteroatoms. The maximum absolute atomic E-state index is 5.60. The highest BCUT2D eigenvalue weighted by Gasteiger charge is 1.98. The Morgan fingerprint density at radius 2 is 2.06 bits per heavy atom. The minimum atomic E-state index is 0.700. The molecule has 16 heavy (non-hydrogen) atoms. The molecule has 0 aliphatic carbocycles. The first-order chi connectivity index (χ1) is 7.88. The van der Waals surface area contributed by atoms with Gasteiger partial charge in [-0.1, -0.05) is 0 Å². The average Bonchev–Trinajstić information content (AvgIpc) is 2.31. The SMILES string of the molecule is CCNc1cncc(Oc2cccnc2)c1. The molecule has 0 saturated carbocycles. The molecule has 0 aliphatic rings. The Morgan fingerprint density at radius 3 is 2.81 bits per heavy atom. The van der Waals surface area contributed by atoms with Crippen LogP contribution in [0.3, 0.4) is 0 Å². The van der Waals surface area contributed by atoms with Gasteiger partial charge in [-0.25, -0.2) is 0 Å². The van der Waals surface area contributed by atoms with Gasteiger partial charge < -0.3 is 10.1 Å². The number of nitrogens with one attached hydrogen (secondary N) is 1. The van der Waals surface area contributed by atoms with Crippen LogP contribution >= 0.6 is 0 Å². The zero-order chi connectivity index (χ0) is 11.2. The van der Waals surface area contributed by atoms with E-state index in [9.17, 15) is 0 Å². The second-order valence-corrected chi connectivity index (χ2v) is 3.23. The van der Waals surface area contributed by atoms with Gasteiger partial charge in [0.05, 0.1) is 24.3 Å². The average molecular weight is 215 g/mol. The van der Waals surface area contributed by atoms with Crippen LogP contribution in [0.1, 0.15) is 6.92 Å². The first kappa shape index (κ1) is 10.4. The Bertz CT molecular complexity index is 445. The summed E-state index contributed by atoms with van der Waals surface area (Å²) in [5.74, 6) is 1.41. The van der Waals surface area contributed by atoms with Crippen LogP contribution in [0.15, 0.2) is 43.0 Å². The number of ether oxygens (including phenoxy) is 1. The van der Waals surface area contributed by atoms with Crippen LogP contribution in [0.4, 0.5) is 5.69 Å². The van der Waals surface area contributed by atoms with Gasteiger partial charge in [0.25, 0.3) is 0 Å². The number of hydrogen-bond acceptors (Lipinski definition) is 4. The molecule has 0 aromatic carbocycles. The van der Waals surface area contributed by atoms with Crippen molar-refractivity contribution in [1.82, 2.24) is 9.97 Å². The smallest absolute Gasteiger partial charge is 0.147 e. The molecule has 0 unspecified atom stereocenters. The Hall–Kier alpha value is -2.10. The van der Waals surface area contributed by atoms with Crippen molar-refractivity contribution in [3.63, 3.8) is 0 Å². The predicted molar refractivity (Wildman–Crippen MR) is 62.7 cm³/mol. The molecule has 0 radical (unpaired) electrons. The molecule has 0 amide bonds. The fourth-order valence-corrected chi connectivity index (χ4v) is 1.32. The predicted octanol–water partition coefficient (Wildman–Crippen LogP) is 2.70. The maximum Gasteiger partial charge on any atom is 0.147 e. The fraction of sp³-hybridized carbons (Fsp3) is 0.167. The molecule has 0 saturated heterocycles. The van der Waals surface area contributed by atoms with Gasteiger partial charge in [-0.05, 0) is 19.1 Å². The van der Waals surface area contributed by atoms with Gasteiger partial charge in [0.2, 0.25) is 0 Å². The molecule has 2 aromatic rings. The van der Waals surface area contributed by atoms with Crippen molar-refractivity contribution in [3.8, 4) is 11.5 Å². The third kappa shape index (κ3) is 2.70. The van der Waals surface area contributed by atoms with Gasteiger partial charge in [0.1, 0.15) is 11.5 Å². The topological polar surface area (TPSA) is 47.0 Å². The fourth-order valence-electron chi connectivity index (χ4n) is 1.32. The monoisotopic (exact) mass is 215 g/mol. The highest BCUT2D eigenvalue weighted by Crippen LogP contribution is 2.21. The number of aromatic nitrogens is 2. The number of pyridine rings is 2. The summed E-state index contributed by atoms with van der Waals surface area (Å²) in [6.07, 6.45) is 6.81. The molecule has 1 N–H and O–H groups in total. The first-order valence-electron chi connectivity index (χ1n) is 5.15. The summed E-state index contributed by atoms with van der Waals surface area (Å²) in [5.41, 5.74) is 0.948. The van der Waals surface area contributed by atoms with Gasteiger partial charge in [0.15, 0.2) is 0 Å². The van der Waals surface area contributed by atoms with Crippen molar-refractivity contribution in [2.75, 3.05) is 11.9 Å². The van der Waals surface area contributed by atoms with Crippen molar-refractivity contribution in [2.45, 2.75) is 6.92 Å². The molecule has 82 valence electrons. The lowest BCUT2D eigenvalue weighted by molar-refractivity contribution is 0.478.